The first-order valence-electron chi connectivity index (χ1n) is 6.85. The third kappa shape index (κ3) is 3.60. The molecule has 1 aliphatic rings. The molecule has 1 aliphatic heterocycles. The maximum absolute atomic E-state index is 12.4. The summed E-state index contributed by atoms with van der Waals surface area (Å²) in [5.74, 6) is -0.642. The maximum atomic E-state index is 12.4. The number of esters is 1. The van der Waals surface area contributed by atoms with Gasteiger partial charge in [-0.3, -0.25) is 0 Å². The van der Waals surface area contributed by atoms with Gasteiger partial charge in [-0.05, 0) is 30.3 Å². The van der Waals surface area contributed by atoms with Crippen LogP contribution in [0.25, 0.3) is 6.08 Å². The molecule has 122 valence electrons. The van der Waals surface area contributed by atoms with Crippen molar-refractivity contribution < 1.29 is 23.0 Å². The monoisotopic (exact) mass is 349 g/mol. The number of rotatable bonds is 4. The Morgan fingerprint density at radius 1 is 1.17 bits per heavy atom. The highest BCUT2D eigenvalue weighted by Crippen LogP contribution is 2.26. The van der Waals surface area contributed by atoms with E-state index in [9.17, 15) is 13.6 Å². The number of halogens is 3. The van der Waals surface area contributed by atoms with Gasteiger partial charge < -0.3 is 9.47 Å². The van der Waals surface area contributed by atoms with E-state index in [1.165, 1.54) is 18.2 Å². The molecule has 24 heavy (non-hydrogen) atoms. The first kappa shape index (κ1) is 16.1. The first-order valence-corrected chi connectivity index (χ1v) is 7.23. The third-order valence-electron chi connectivity index (χ3n) is 3.12. The van der Waals surface area contributed by atoms with Gasteiger partial charge in [0.2, 0.25) is 5.90 Å². The molecule has 0 fully saturated rings. The molecule has 0 amide bonds. The van der Waals surface area contributed by atoms with Crippen LogP contribution in [0.4, 0.5) is 8.78 Å². The minimum atomic E-state index is -2.97. The van der Waals surface area contributed by atoms with E-state index in [0.29, 0.717) is 16.1 Å². The van der Waals surface area contributed by atoms with E-state index >= 15 is 0 Å². The lowest BCUT2D eigenvalue weighted by Crippen LogP contribution is -2.05. The van der Waals surface area contributed by atoms with E-state index in [-0.39, 0.29) is 17.3 Å². The van der Waals surface area contributed by atoms with E-state index in [1.807, 2.05) is 0 Å². The molecular formula is C17H10ClF2NO3. The summed E-state index contributed by atoms with van der Waals surface area (Å²) in [7, 11) is 0. The van der Waals surface area contributed by atoms with Crippen molar-refractivity contribution in [1.29, 1.82) is 0 Å². The van der Waals surface area contributed by atoms with E-state index in [2.05, 4.69) is 9.73 Å². The molecule has 0 radical (unpaired) electrons. The second-order valence-electron chi connectivity index (χ2n) is 4.76. The number of para-hydroxylation sites is 1. The molecule has 3 rings (SSSR count). The largest absolute Gasteiger partial charge is 0.434 e. The van der Waals surface area contributed by atoms with Crippen LogP contribution in [-0.2, 0) is 9.53 Å². The zero-order valence-electron chi connectivity index (χ0n) is 12.1. The Morgan fingerprint density at radius 2 is 1.96 bits per heavy atom. The van der Waals surface area contributed by atoms with E-state index in [1.54, 1.807) is 36.4 Å². The average molecular weight is 350 g/mol. The zero-order valence-corrected chi connectivity index (χ0v) is 12.8. The van der Waals surface area contributed by atoms with Gasteiger partial charge in [0.05, 0.1) is 0 Å². The molecule has 0 aromatic heterocycles. The number of ether oxygens (including phenoxy) is 2. The number of carbonyl (C=O) groups excluding carboxylic acids is 1. The van der Waals surface area contributed by atoms with Crippen molar-refractivity contribution in [3.8, 4) is 5.75 Å². The molecule has 2 aromatic rings. The van der Waals surface area contributed by atoms with Crippen molar-refractivity contribution in [2.75, 3.05) is 0 Å². The summed E-state index contributed by atoms with van der Waals surface area (Å²) < 4.78 is 34.4. The summed E-state index contributed by atoms with van der Waals surface area (Å²) in [6.07, 6.45) is 1.33. The fourth-order valence-electron chi connectivity index (χ4n) is 2.10. The van der Waals surface area contributed by atoms with Crippen LogP contribution in [0, 0.1) is 0 Å². The Hall–Kier alpha value is -2.73. The molecule has 0 bridgehead atoms. The zero-order chi connectivity index (χ0) is 17.1. The lowest BCUT2D eigenvalue weighted by Gasteiger charge is -2.07. The second-order valence-corrected chi connectivity index (χ2v) is 5.20. The smallest absolute Gasteiger partial charge is 0.387 e. The topological polar surface area (TPSA) is 47.9 Å². The van der Waals surface area contributed by atoms with Gasteiger partial charge in [0, 0.05) is 16.1 Å². The molecule has 0 unspecified atom stereocenters. The van der Waals surface area contributed by atoms with Crippen LogP contribution in [0.1, 0.15) is 11.1 Å². The highest BCUT2D eigenvalue weighted by atomic mass is 35.5. The normalized spacial score (nSPS) is 15.6. The minimum Gasteiger partial charge on any atom is -0.434 e. The first-order chi connectivity index (χ1) is 11.5. The van der Waals surface area contributed by atoms with Crippen molar-refractivity contribution >= 4 is 29.5 Å². The van der Waals surface area contributed by atoms with E-state index in [4.69, 9.17) is 16.3 Å². The summed E-state index contributed by atoms with van der Waals surface area (Å²) >= 11 is 5.90. The Morgan fingerprint density at radius 3 is 2.71 bits per heavy atom. The van der Waals surface area contributed by atoms with Gasteiger partial charge in [-0.15, -0.1) is 0 Å². The minimum absolute atomic E-state index is 0.0182. The molecular weight excluding hydrogens is 340 g/mol. The van der Waals surface area contributed by atoms with E-state index in [0.717, 1.165) is 0 Å². The third-order valence-corrected chi connectivity index (χ3v) is 3.35. The summed E-state index contributed by atoms with van der Waals surface area (Å²) in [6, 6.07) is 12.8. The molecule has 0 saturated heterocycles. The number of nitrogens with zero attached hydrogens (tertiary/aromatic N) is 1. The number of aliphatic imine (C=N–C) groups is 1. The predicted molar refractivity (Wildman–Crippen MR) is 85.1 cm³/mol. The van der Waals surface area contributed by atoms with Crippen LogP contribution >= 0.6 is 11.6 Å². The van der Waals surface area contributed by atoms with Gasteiger partial charge in [0.25, 0.3) is 0 Å². The highest BCUT2D eigenvalue weighted by molar-refractivity contribution is 6.31. The SMILES string of the molecule is O=C1OC(c2cccc(Cl)c2)=N/C1=C/c1ccccc1OC(F)F. The van der Waals surface area contributed by atoms with Gasteiger partial charge in [-0.2, -0.15) is 8.78 Å². The predicted octanol–water partition coefficient (Wildman–Crippen LogP) is 4.29. The Labute approximate surface area is 141 Å². The molecule has 0 saturated carbocycles. The molecule has 0 atom stereocenters. The van der Waals surface area contributed by atoms with Crippen molar-refractivity contribution in [3.05, 3.63) is 70.4 Å². The average Bonchev–Trinajstić information content (AvgIpc) is 2.90. The Kier molecular flexibility index (Phi) is 4.57. The quantitative estimate of drug-likeness (QED) is 0.611. The van der Waals surface area contributed by atoms with Crippen LogP contribution in [0.15, 0.2) is 59.2 Å². The van der Waals surface area contributed by atoms with Gasteiger partial charge in [0.1, 0.15) is 5.75 Å². The van der Waals surface area contributed by atoms with Gasteiger partial charge in [0.15, 0.2) is 5.70 Å². The number of hydrogen-bond acceptors (Lipinski definition) is 4. The van der Waals surface area contributed by atoms with Crippen LogP contribution in [0.5, 0.6) is 5.75 Å². The van der Waals surface area contributed by atoms with Crippen LogP contribution in [0.3, 0.4) is 0 Å². The fraction of sp³-hybridized carbons (Fsp3) is 0.0588. The van der Waals surface area contributed by atoms with Crippen molar-refractivity contribution in [2.45, 2.75) is 6.61 Å². The number of cyclic esters (lactones) is 1. The lowest BCUT2D eigenvalue weighted by atomic mass is 10.1. The molecule has 0 N–H and O–H groups in total. The molecule has 7 heteroatoms. The number of carbonyl (C=O) groups is 1. The van der Waals surface area contributed by atoms with Crippen molar-refractivity contribution in [3.63, 3.8) is 0 Å². The summed E-state index contributed by atoms with van der Waals surface area (Å²) in [6.45, 7) is -2.97. The summed E-state index contributed by atoms with van der Waals surface area (Å²) in [4.78, 5) is 16.1. The van der Waals surface area contributed by atoms with E-state index < -0.39 is 12.6 Å². The number of alkyl halides is 2. The van der Waals surface area contributed by atoms with Gasteiger partial charge >= 0.3 is 12.6 Å². The molecule has 2 aromatic carbocycles. The standard InChI is InChI=1S/C17H10ClF2NO3/c18-12-6-3-5-11(8-12)15-21-13(16(22)24-15)9-10-4-1-2-7-14(10)23-17(19)20/h1-9,17H/b13-9+. The second kappa shape index (κ2) is 6.80. The molecule has 0 aliphatic carbocycles. The molecule has 1 heterocycles. The Balaban J connectivity index is 1.95. The lowest BCUT2D eigenvalue weighted by molar-refractivity contribution is -0.129. The van der Waals surface area contributed by atoms with Crippen LogP contribution in [0.2, 0.25) is 5.02 Å². The summed E-state index contributed by atoms with van der Waals surface area (Å²) in [5, 5.41) is 0.472. The summed E-state index contributed by atoms with van der Waals surface area (Å²) in [5.41, 5.74) is 0.813. The maximum Gasteiger partial charge on any atom is 0.387 e. The van der Waals surface area contributed by atoms with Crippen LogP contribution < -0.4 is 4.74 Å². The number of hydrogen-bond donors (Lipinski definition) is 0. The Bertz CT molecular complexity index is 849. The highest BCUT2D eigenvalue weighted by Gasteiger charge is 2.24. The molecule has 0 spiro atoms. The van der Waals surface area contributed by atoms with Crippen molar-refractivity contribution in [2.24, 2.45) is 4.99 Å². The van der Waals surface area contributed by atoms with Gasteiger partial charge in [-0.1, -0.05) is 35.9 Å². The molecule has 4 nitrogen and oxygen atoms in total. The van der Waals surface area contributed by atoms with Crippen LogP contribution in [-0.4, -0.2) is 18.5 Å². The fourth-order valence-corrected chi connectivity index (χ4v) is 2.29. The van der Waals surface area contributed by atoms with Gasteiger partial charge in [-0.25, -0.2) is 9.79 Å². The number of benzene rings is 2. The van der Waals surface area contributed by atoms with Crippen molar-refractivity contribution in [1.82, 2.24) is 0 Å².